The van der Waals surface area contributed by atoms with E-state index in [9.17, 15) is 0 Å². The van der Waals surface area contributed by atoms with Gasteiger partial charge in [0.05, 0.1) is 29.8 Å². The Hall–Kier alpha value is -3.88. The van der Waals surface area contributed by atoms with Gasteiger partial charge in [-0.3, -0.25) is 4.68 Å². The first-order chi connectivity index (χ1) is 16.5. The van der Waals surface area contributed by atoms with Gasteiger partial charge in [0, 0.05) is 40.5 Å². The number of rotatable bonds is 5. The van der Waals surface area contributed by atoms with Crippen LogP contribution in [0, 0.1) is 13.8 Å². The Labute approximate surface area is 196 Å². The molecule has 1 aromatic carbocycles. The molecule has 0 saturated heterocycles. The first-order valence-corrected chi connectivity index (χ1v) is 11.6. The third-order valence-electron chi connectivity index (χ3n) is 6.89. The molecular weight excluding hydrogens is 430 g/mol. The summed E-state index contributed by atoms with van der Waals surface area (Å²) in [6.07, 6.45) is 3.92. The third-order valence-corrected chi connectivity index (χ3v) is 6.89. The monoisotopic (exact) mass is 457 g/mol. The molecule has 0 fully saturated rings. The third kappa shape index (κ3) is 2.99. The predicted molar refractivity (Wildman–Crippen MR) is 130 cm³/mol. The van der Waals surface area contributed by atoms with Crippen molar-refractivity contribution in [3.05, 3.63) is 46.2 Å². The van der Waals surface area contributed by atoms with E-state index in [1.807, 2.05) is 19.9 Å². The highest BCUT2D eigenvalue weighted by Gasteiger charge is 2.25. The Morgan fingerprint density at radius 2 is 2.06 bits per heavy atom. The van der Waals surface area contributed by atoms with Gasteiger partial charge in [-0.25, -0.2) is 4.98 Å². The standard InChI is InChI=1S/C25H27N7O2/c1-5-32-20(14-7-6-8-17(14)30-32)11-19-23-15-10-21(33-4)16(22-12(2)31-34-13(22)3)9-18(15)27-24(23)29-25(26)28-19/h9-10H,5-8,11H2,1-4H3,(H3,26,27,28,29). The number of nitrogen functional groups attached to an aromatic ring is 1. The SMILES string of the molecule is CCn1nc2c(c1Cc1nc(N)nc3[nH]c4cc(-c5c(C)noc5C)c(OC)cc4c13)CCC2. The van der Waals surface area contributed by atoms with Gasteiger partial charge >= 0.3 is 0 Å². The molecule has 3 N–H and O–H groups in total. The first kappa shape index (κ1) is 20.7. The summed E-state index contributed by atoms with van der Waals surface area (Å²) in [6, 6.07) is 4.11. The molecule has 9 nitrogen and oxygen atoms in total. The zero-order valence-corrected chi connectivity index (χ0v) is 19.8. The molecule has 4 heterocycles. The van der Waals surface area contributed by atoms with Crippen LogP contribution in [0.3, 0.4) is 0 Å². The molecule has 9 heteroatoms. The van der Waals surface area contributed by atoms with Gasteiger partial charge in [0.2, 0.25) is 5.95 Å². The van der Waals surface area contributed by atoms with E-state index >= 15 is 0 Å². The number of hydrogen-bond donors (Lipinski definition) is 2. The van der Waals surface area contributed by atoms with Gasteiger partial charge < -0.3 is 20.0 Å². The average Bonchev–Trinajstić information content (AvgIpc) is 3.56. The van der Waals surface area contributed by atoms with Crippen LogP contribution in [-0.2, 0) is 25.8 Å². The predicted octanol–water partition coefficient (Wildman–Crippen LogP) is 4.27. The Kier molecular flexibility index (Phi) is 4.62. The number of benzene rings is 1. The number of nitrogens with zero attached hydrogens (tertiary/aromatic N) is 5. The fourth-order valence-corrected chi connectivity index (χ4v) is 5.41. The maximum atomic E-state index is 6.15. The number of nitrogens with two attached hydrogens (primary N) is 1. The number of nitrogens with one attached hydrogen (secondary N) is 1. The number of aromatic nitrogens is 6. The van der Waals surface area contributed by atoms with Crippen molar-refractivity contribution < 1.29 is 9.26 Å². The zero-order chi connectivity index (χ0) is 23.6. The van der Waals surface area contributed by atoms with E-state index in [1.54, 1.807) is 7.11 Å². The molecule has 0 aliphatic heterocycles. The van der Waals surface area contributed by atoms with Crippen molar-refractivity contribution >= 4 is 27.9 Å². The van der Waals surface area contributed by atoms with Gasteiger partial charge in [0.15, 0.2) is 0 Å². The van der Waals surface area contributed by atoms with Gasteiger partial charge in [-0.1, -0.05) is 5.16 Å². The molecule has 0 saturated carbocycles. The fourth-order valence-electron chi connectivity index (χ4n) is 5.41. The van der Waals surface area contributed by atoms with Crippen molar-refractivity contribution in [3.8, 4) is 16.9 Å². The molecule has 1 aliphatic carbocycles. The molecule has 6 rings (SSSR count). The number of anilines is 1. The number of aryl methyl sites for hydroxylation is 4. The normalized spacial score (nSPS) is 13.3. The summed E-state index contributed by atoms with van der Waals surface area (Å²) in [6.45, 7) is 6.79. The molecule has 5 aromatic rings. The van der Waals surface area contributed by atoms with Crippen molar-refractivity contribution in [2.45, 2.75) is 53.0 Å². The number of ether oxygens (including phenoxy) is 1. The average molecular weight is 458 g/mol. The molecule has 174 valence electrons. The van der Waals surface area contributed by atoms with E-state index in [-0.39, 0.29) is 5.95 Å². The zero-order valence-electron chi connectivity index (χ0n) is 19.8. The van der Waals surface area contributed by atoms with Crippen LogP contribution >= 0.6 is 0 Å². The number of methoxy groups -OCH3 is 1. The summed E-state index contributed by atoms with van der Waals surface area (Å²) < 4.78 is 13.3. The first-order valence-electron chi connectivity index (χ1n) is 11.6. The van der Waals surface area contributed by atoms with Crippen LogP contribution in [0.4, 0.5) is 5.95 Å². The lowest BCUT2D eigenvalue weighted by Gasteiger charge is -2.10. The lowest BCUT2D eigenvalue weighted by molar-refractivity contribution is 0.393. The number of H-pyrrole nitrogens is 1. The van der Waals surface area contributed by atoms with Crippen molar-refractivity contribution in [3.63, 3.8) is 0 Å². The van der Waals surface area contributed by atoms with Crippen LogP contribution in [0.15, 0.2) is 16.7 Å². The molecule has 0 atom stereocenters. The van der Waals surface area contributed by atoms with E-state index in [0.717, 1.165) is 81.8 Å². The number of fused-ring (bicyclic) bond motifs is 4. The van der Waals surface area contributed by atoms with E-state index in [1.165, 1.54) is 17.0 Å². The highest BCUT2D eigenvalue weighted by atomic mass is 16.5. The van der Waals surface area contributed by atoms with E-state index in [4.69, 9.17) is 25.1 Å². The van der Waals surface area contributed by atoms with Crippen LogP contribution in [0.5, 0.6) is 5.75 Å². The number of hydrogen-bond acceptors (Lipinski definition) is 7. The lowest BCUT2D eigenvalue weighted by atomic mass is 10.00. The Morgan fingerprint density at radius 1 is 1.21 bits per heavy atom. The van der Waals surface area contributed by atoms with Crippen LogP contribution < -0.4 is 10.5 Å². The maximum Gasteiger partial charge on any atom is 0.222 e. The van der Waals surface area contributed by atoms with Crippen molar-refractivity contribution in [1.29, 1.82) is 0 Å². The minimum atomic E-state index is 0.256. The van der Waals surface area contributed by atoms with Crippen LogP contribution in [0.1, 0.15) is 47.4 Å². The van der Waals surface area contributed by atoms with Crippen LogP contribution in [-0.4, -0.2) is 37.0 Å². The summed E-state index contributed by atoms with van der Waals surface area (Å²) in [5.74, 6) is 1.74. The molecule has 0 amide bonds. The molecule has 0 radical (unpaired) electrons. The van der Waals surface area contributed by atoms with Crippen LogP contribution in [0.2, 0.25) is 0 Å². The second kappa shape index (κ2) is 7.58. The Bertz CT molecular complexity index is 1550. The molecule has 0 bridgehead atoms. The van der Waals surface area contributed by atoms with Crippen molar-refractivity contribution in [2.75, 3.05) is 12.8 Å². The number of aromatic amines is 1. The quantitative estimate of drug-likeness (QED) is 0.404. The van der Waals surface area contributed by atoms with Crippen molar-refractivity contribution in [1.82, 2.24) is 29.9 Å². The van der Waals surface area contributed by atoms with Gasteiger partial charge in [-0.05, 0) is 57.7 Å². The van der Waals surface area contributed by atoms with Crippen LogP contribution in [0.25, 0.3) is 33.1 Å². The minimum absolute atomic E-state index is 0.256. The largest absolute Gasteiger partial charge is 0.496 e. The minimum Gasteiger partial charge on any atom is -0.496 e. The van der Waals surface area contributed by atoms with Gasteiger partial charge in [-0.2, -0.15) is 10.1 Å². The topological polar surface area (TPSA) is 121 Å². The molecule has 34 heavy (non-hydrogen) atoms. The molecule has 0 spiro atoms. The molecule has 0 unspecified atom stereocenters. The summed E-state index contributed by atoms with van der Waals surface area (Å²) in [4.78, 5) is 12.7. The Morgan fingerprint density at radius 3 is 2.79 bits per heavy atom. The lowest BCUT2D eigenvalue weighted by Crippen LogP contribution is -2.08. The summed E-state index contributed by atoms with van der Waals surface area (Å²) in [5.41, 5.74) is 15.2. The maximum absolute atomic E-state index is 6.15. The van der Waals surface area contributed by atoms with E-state index in [2.05, 4.69) is 32.8 Å². The molecule has 1 aliphatic rings. The smallest absolute Gasteiger partial charge is 0.222 e. The second-order valence-electron chi connectivity index (χ2n) is 8.89. The Balaban J connectivity index is 1.58. The second-order valence-corrected chi connectivity index (χ2v) is 8.89. The fraction of sp³-hybridized carbons (Fsp3) is 0.360. The molecular formula is C25H27N7O2. The van der Waals surface area contributed by atoms with Gasteiger partial charge in [-0.15, -0.1) is 0 Å². The van der Waals surface area contributed by atoms with Gasteiger partial charge in [0.1, 0.15) is 17.2 Å². The summed E-state index contributed by atoms with van der Waals surface area (Å²) in [5, 5.41) is 10.9. The highest BCUT2D eigenvalue weighted by molar-refractivity contribution is 6.09. The summed E-state index contributed by atoms with van der Waals surface area (Å²) in [7, 11) is 1.68. The van der Waals surface area contributed by atoms with Crippen molar-refractivity contribution in [2.24, 2.45) is 0 Å². The van der Waals surface area contributed by atoms with E-state index < -0.39 is 0 Å². The van der Waals surface area contributed by atoms with Gasteiger partial charge in [0.25, 0.3) is 0 Å². The summed E-state index contributed by atoms with van der Waals surface area (Å²) >= 11 is 0. The highest BCUT2D eigenvalue weighted by Crippen LogP contribution is 2.40. The van der Waals surface area contributed by atoms with E-state index in [0.29, 0.717) is 6.42 Å². The molecule has 4 aromatic heterocycles.